The van der Waals surface area contributed by atoms with E-state index < -0.39 is 23.7 Å². The van der Waals surface area contributed by atoms with E-state index in [9.17, 15) is 9.59 Å². The molecule has 1 atom stereocenters. The maximum atomic E-state index is 13.4. The quantitative estimate of drug-likeness (QED) is 0.387. The monoisotopic (exact) mass is 556 g/mol. The predicted octanol–water partition coefficient (Wildman–Crippen LogP) is 4.34. The van der Waals surface area contributed by atoms with Crippen molar-refractivity contribution >= 4 is 29.5 Å². The molecule has 0 radical (unpaired) electrons. The minimum absolute atomic E-state index is 0.135. The number of benzene rings is 1. The Morgan fingerprint density at radius 3 is 2.30 bits per heavy atom. The lowest BCUT2D eigenvalue weighted by Gasteiger charge is -2.27. The Morgan fingerprint density at radius 1 is 1.07 bits per heavy atom. The zero-order chi connectivity index (χ0) is 29.3. The van der Waals surface area contributed by atoms with E-state index in [-0.39, 0.29) is 6.04 Å². The van der Waals surface area contributed by atoms with E-state index in [2.05, 4.69) is 15.6 Å². The van der Waals surface area contributed by atoms with Crippen LogP contribution in [0.1, 0.15) is 54.0 Å². The van der Waals surface area contributed by atoms with Crippen molar-refractivity contribution in [3.63, 3.8) is 0 Å². The summed E-state index contributed by atoms with van der Waals surface area (Å²) in [5.41, 5.74) is 0.904. The van der Waals surface area contributed by atoms with Gasteiger partial charge in [0.05, 0.1) is 25.1 Å². The number of carbonyl (C=O) groups is 2. The molecule has 11 heteroatoms. The minimum Gasteiger partial charge on any atom is -0.458 e. The van der Waals surface area contributed by atoms with Crippen LogP contribution in [0.4, 0.5) is 22.2 Å². The zero-order valence-corrected chi connectivity index (χ0v) is 24.8. The Morgan fingerprint density at radius 2 is 1.73 bits per heavy atom. The molecule has 0 saturated carbocycles. The summed E-state index contributed by atoms with van der Waals surface area (Å²) >= 11 is 0. The highest BCUT2D eigenvalue weighted by Gasteiger charge is 2.27. The van der Waals surface area contributed by atoms with Crippen LogP contribution in [-0.4, -0.2) is 84.0 Å². The third-order valence-corrected chi connectivity index (χ3v) is 6.11. The molecule has 1 aliphatic rings. The fraction of sp³-hybridized carbons (Fsp3) is 0.586. The summed E-state index contributed by atoms with van der Waals surface area (Å²) in [6.07, 6.45) is 1.67. The summed E-state index contributed by atoms with van der Waals surface area (Å²) in [7, 11) is 0. The fourth-order valence-electron chi connectivity index (χ4n) is 4.13. The SMILES string of the molecule is CCN(CC)c1ncc(NC(C)C)c(N[C@@H](Cc2ccc(OC(=O)N3CCOCC3)cc2)C(=O)OC(C)(C)C)n1. The first kappa shape index (κ1) is 30.9. The number of ether oxygens (including phenoxy) is 3. The second kappa shape index (κ2) is 14.2. The van der Waals surface area contributed by atoms with Crippen LogP contribution in [0.3, 0.4) is 0 Å². The highest BCUT2D eigenvalue weighted by Crippen LogP contribution is 2.25. The molecule has 0 aliphatic carbocycles. The average molecular weight is 557 g/mol. The number of morpholine rings is 1. The number of esters is 1. The molecule has 1 aliphatic heterocycles. The number of hydrogen-bond donors (Lipinski definition) is 2. The molecule has 2 aromatic rings. The van der Waals surface area contributed by atoms with Gasteiger partial charge < -0.3 is 34.6 Å². The van der Waals surface area contributed by atoms with Crippen LogP contribution in [0.15, 0.2) is 30.5 Å². The maximum Gasteiger partial charge on any atom is 0.415 e. The number of rotatable bonds is 11. The Bertz CT molecular complexity index is 1110. The first-order valence-corrected chi connectivity index (χ1v) is 14.0. The number of anilines is 3. The third-order valence-electron chi connectivity index (χ3n) is 6.11. The van der Waals surface area contributed by atoms with Crippen LogP contribution in [0.5, 0.6) is 5.75 Å². The Labute approximate surface area is 237 Å². The van der Waals surface area contributed by atoms with Gasteiger partial charge in [0.15, 0.2) is 5.82 Å². The summed E-state index contributed by atoms with van der Waals surface area (Å²) in [6.45, 7) is 17.2. The largest absolute Gasteiger partial charge is 0.458 e. The lowest BCUT2D eigenvalue weighted by Crippen LogP contribution is -2.42. The van der Waals surface area contributed by atoms with E-state index in [1.54, 1.807) is 23.2 Å². The lowest BCUT2D eigenvalue weighted by atomic mass is 10.0. The molecule has 0 spiro atoms. The van der Waals surface area contributed by atoms with Gasteiger partial charge in [0.2, 0.25) is 5.95 Å². The maximum absolute atomic E-state index is 13.4. The molecule has 0 unspecified atom stereocenters. The summed E-state index contributed by atoms with van der Waals surface area (Å²) < 4.78 is 16.6. The number of carbonyl (C=O) groups excluding carboxylic acids is 2. The molecule has 1 aromatic carbocycles. The molecule has 11 nitrogen and oxygen atoms in total. The van der Waals surface area contributed by atoms with E-state index in [0.717, 1.165) is 18.7 Å². The van der Waals surface area contributed by atoms with Gasteiger partial charge in [-0.15, -0.1) is 0 Å². The molecule has 40 heavy (non-hydrogen) atoms. The molecule has 3 rings (SSSR count). The van der Waals surface area contributed by atoms with Crippen LogP contribution in [0.2, 0.25) is 0 Å². The highest BCUT2D eigenvalue weighted by atomic mass is 16.6. The van der Waals surface area contributed by atoms with Crippen LogP contribution >= 0.6 is 0 Å². The predicted molar refractivity (Wildman–Crippen MR) is 156 cm³/mol. The molecule has 1 saturated heterocycles. The van der Waals surface area contributed by atoms with Gasteiger partial charge in [-0.25, -0.2) is 14.6 Å². The van der Waals surface area contributed by atoms with Gasteiger partial charge in [0.25, 0.3) is 0 Å². The van der Waals surface area contributed by atoms with Crippen LogP contribution in [0, 0.1) is 0 Å². The second-order valence-corrected chi connectivity index (χ2v) is 10.9. The van der Waals surface area contributed by atoms with E-state index in [0.29, 0.717) is 55.9 Å². The summed E-state index contributed by atoms with van der Waals surface area (Å²) in [5, 5.41) is 6.70. The first-order valence-electron chi connectivity index (χ1n) is 14.0. The molecule has 2 heterocycles. The average Bonchev–Trinajstić information content (AvgIpc) is 2.90. The first-order chi connectivity index (χ1) is 19.0. The van der Waals surface area contributed by atoms with Crippen LogP contribution in [-0.2, 0) is 20.7 Å². The normalized spacial score (nSPS) is 14.4. The van der Waals surface area contributed by atoms with Gasteiger partial charge in [0.1, 0.15) is 17.4 Å². The molecule has 1 amide bonds. The van der Waals surface area contributed by atoms with Crippen molar-refractivity contribution in [3.8, 4) is 5.75 Å². The Balaban J connectivity index is 1.83. The van der Waals surface area contributed by atoms with E-state index in [4.69, 9.17) is 19.2 Å². The molecule has 1 fully saturated rings. The van der Waals surface area contributed by atoms with Gasteiger partial charge in [-0.3, -0.25) is 0 Å². The molecule has 1 aromatic heterocycles. The van der Waals surface area contributed by atoms with Crippen molar-refractivity contribution in [2.45, 2.75) is 72.6 Å². The molecular formula is C29H44N6O5. The lowest BCUT2D eigenvalue weighted by molar-refractivity contribution is -0.155. The van der Waals surface area contributed by atoms with Gasteiger partial charge >= 0.3 is 12.1 Å². The smallest absolute Gasteiger partial charge is 0.415 e. The van der Waals surface area contributed by atoms with E-state index in [1.807, 2.05) is 65.5 Å². The summed E-state index contributed by atoms with van der Waals surface area (Å²) in [5.74, 6) is 1.15. The van der Waals surface area contributed by atoms with Crippen molar-refractivity contribution in [1.82, 2.24) is 14.9 Å². The van der Waals surface area contributed by atoms with Gasteiger partial charge in [-0.1, -0.05) is 12.1 Å². The number of aromatic nitrogens is 2. The number of amides is 1. The number of nitrogens with zero attached hydrogens (tertiary/aromatic N) is 4. The van der Waals surface area contributed by atoms with Gasteiger partial charge in [-0.2, -0.15) is 4.98 Å². The Hall–Kier alpha value is -3.60. The summed E-state index contributed by atoms with van der Waals surface area (Å²) in [4.78, 5) is 38.8. The van der Waals surface area contributed by atoms with E-state index >= 15 is 0 Å². The Kier molecular flexibility index (Phi) is 10.9. The molecule has 220 valence electrons. The number of hydrogen-bond acceptors (Lipinski definition) is 10. The highest BCUT2D eigenvalue weighted by molar-refractivity contribution is 5.81. The number of nitrogens with one attached hydrogen (secondary N) is 2. The van der Waals surface area contributed by atoms with Crippen LogP contribution < -0.4 is 20.3 Å². The second-order valence-electron chi connectivity index (χ2n) is 10.9. The van der Waals surface area contributed by atoms with Crippen molar-refractivity contribution in [2.24, 2.45) is 0 Å². The standard InChI is InChI=1S/C29H44N6O5/c1-8-34(9-2)27-30-19-24(31-20(3)4)25(33-27)32-23(26(36)40-29(5,6)7)18-21-10-12-22(13-11-21)39-28(37)35-14-16-38-17-15-35/h10-13,19-20,23,31H,8-9,14-18H2,1-7H3,(H,30,32,33)/t23-/m0/s1. The minimum atomic E-state index is -0.729. The van der Waals surface area contributed by atoms with Gasteiger partial charge in [0, 0.05) is 38.6 Å². The topological polar surface area (TPSA) is 118 Å². The fourth-order valence-corrected chi connectivity index (χ4v) is 4.13. The van der Waals surface area contributed by atoms with Gasteiger partial charge in [-0.05, 0) is 66.2 Å². The molecule has 2 N–H and O–H groups in total. The van der Waals surface area contributed by atoms with Crippen molar-refractivity contribution in [1.29, 1.82) is 0 Å². The zero-order valence-electron chi connectivity index (χ0n) is 24.8. The summed E-state index contributed by atoms with van der Waals surface area (Å²) in [6, 6.07) is 6.55. The molecular weight excluding hydrogens is 512 g/mol. The third kappa shape index (κ3) is 9.25. The van der Waals surface area contributed by atoms with Crippen molar-refractivity contribution in [2.75, 3.05) is 54.9 Å². The molecule has 0 bridgehead atoms. The van der Waals surface area contributed by atoms with Crippen molar-refractivity contribution in [3.05, 3.63) is 36.0 Å². The van der Waals surface area contributed by atoms with Crippen molar-refractivity contribution < 1.29 is 23.8 Å². The van der Waals surface area contributed by atoms with Crippen LogP contribution in [0.25, 0.3) is 0 Å². The van der Waals surface area contributed by atoms with E-state index in [1.165, 1.54) is 0 Å².